The fourth-order valence-corrected chi connectivity index (χ4v) is 2.50. The summed E-state index contributed by atoms with van der Waals surface area (Å²) in [7, 11) is 0. The molecule has 0 spiro atoms. The normalized spacial score (nSPS) is 10.6. The number of rotatable bonds is 5. The Balaban J connectivity index is 1.77. The Morgan fingerprint density at radius 1 is 1.50 bits per heavy atom. The van der Waals surface area contributed by atoms with Crippen molar-refractivity contribution in [2.75, 3.05) is 6.54 Å². The lowest BCUT2D eigenvalue weighted by Crippen LogP contribution is -2.24. The second-order valence-corrected chi connectivity index (χ2v) is 5.24. The topological polar surface area (TPSA) is 68.0 Å². The van der Waals surface area contributed by atoms with E-state index >= 15 is 0 Å². The summed E-state index contributed by atoms with van der Waals surface area (Å²) in [5, 5.41) is 7.44. The molecule has 0 bridgehead atoms. The Kier molecular flexibility index (Phi) is 4.09. The van der Waals surface area contributed by atoms with Crippen molar-refractivity contribution in [1.82, 2.24) is 15.5 Å². The van der Waals surface area contributed by atoms with E-state index in [1.807, 2.05) is 13.8 Å². The summed E-state index contributed by atoms with van der Waals surface area (Å²) in [6.07, 6.45) is 5.03. The number of hydrogen-bond acceptors (Lipinski definition) is 5. The Morgan fingerprint density at radius 3 is 2.94 bits per heavy atom. The molecule has 0 saturated heterocycles. The molecule has 0 radical (unpaired) electrons. The first-order valence-electron chi connectivity index (χ1n) is 5.77. The van der Waals surface area contributed by atoms with Crippen LogP contribution in [0, 0.1) is 13.8 Å². The zero-order valence-corrected chi connectivity index (χ0v) is 11.2. The number of aryl methyl sites for hydroxylation is 3. The molecule has 2 rings (SSSR count). The van der Waals surface area contributed by atoms with Crippen LogP contribution in [0.25, 0.3) is 0 Å². The van der Waals surface area contributed by atoms with Crippen molar-refractivity contribution in [2.45, 2.75) is 26.7 Å². The Bertz CT molecular complexity index is 519. The first kappa shape index (κ1) is 12.8. The van der Waals surface area contributed by atoms with Crippen molar-refractivity contribution in [3.8, 4) is 0 Å². The third-order valence-corrected chi connectivity index (χ3v) is 3.59. The van der Waals surface area contributed by atoms with Crippen LogP contribution in [-0.4, -0.2) is 22.6 Å². The average molecular weight is 265 g/mol. The highest BCUT2D eigenvalue weighted by molar-refractivity contribution is 7.13. The highest BCUT2D eigenvalue weighted by Crippen LogP contribution is 2.16. The molecule has 1 N–H and O–H groups in total. The van der Waals surface area contributed by atoms with Crippen molar-refractivity contribution in [2.24, 2.45) is 0 Å². The third-order valence-electron chi connectivity index (χ3n) is 2.52. The number of carbonyl (C=O) groups excluding carboxylic acids is 1. The van der Waals surface area contributed by atoms with E-state index in [9.17, 15) is 4.79 Å². The second-order valence-electron chi connectivity index (χ2n) is 4.04. The summed E-state index contributed by atoms with van der Waals surface area (Å²) in [6, 6.07) is 0. The third kappa shape index (κ3) is 3.16. The maximum atomic E-state index is 11.9. The molecular formula is C12H15N3O2S. The Morgan fingerprint density at radius 2 is 2.33 bits per heavy atom. The number of amides is 1. The van der Waals surface area contributed by atoms with Crippen LogP contribution in [0.1, 0.15) is 32.4 Å². The SMILES string of the molecule is Cc1nc(C)c(C(=O)NCCCc2cnoc2)s1. The number of carbonyl (C=O) groups is 1. The number of nitrogens with one attached hydrogen (secondary N) is 1. The molecule has 0 aliphatic rings. The highest BCUT2D eigenvalue weighted by atomic mass is 32.1. The lowest BCUT2D eigenvalue weighted by Gasteiger charge is -2.02. The minimum absolute atomic E-state index is 0.0385. The molecule has 0 saturated carbocycles. The minimum atomic E-state index is -0.0385. The molecule has 6 heteroatoms. The van der Waals surface area contributed by atoms with Gasteiger partial charge >= 0.3 is 0 Å². The van der Waals surface area contributed by atoms with Gasteiger partial charge in [0.05, 0.1) is 16.9 Å². The first-order chi connectivity index (χ1) is 8.66. The van der Waals surface area contributed by atoms with Crippen LogP contribution in [-0.2, 0) is 6.42 Å². The van der Waals surface area contributed by atoms with Gasteiger partial charge in [-0.05, 0) is 26.7 Å². The van der Waals surface area contributed by atoms with Crippen LogP contribution < -0.4 is 5.32 Å². The number of nitrogens with zero attached hydrogens (tertiary/aromatic N) is 2. The molecule has 0 fully saturated rings. The molecule has 0 aliphatic carbocycles. The maximum Gasteiger partial charge on any atom is 0.263 e. The maximum absolute atomic E-state index is 11.9. The van der Waals surface area contributed by atoms with Crippen LogP contribution >= 0.6 is 11.3 Å². The van der Waals surface area contributed by atoms with Gasteiger partial charge in [-0.25, -0.2) is 4.98 Å². The van der Waals surface area contributed by atoms with E-state index < -0.39 is 0 Å². The van der Waals surface area contributed by atoms with Crippen LogP contribution in [0.15, 0.2) is 17.0 Å². The van der Waals surface area contributed by atoms with E-state index in [1.54, 1.807) is 12.5 Å². The Labute approximate surface area is 109 Å². The molecular weight excluding hydrogens is 250 g/mol. The zero-order chi connectivity index (χ0) is 13.0. The van der Waals surface area contributed by atoms with Crippen molar-refractivity contribution in [1.29, 1.82) is 0 Å². The zero-order valence-electron chi connectivity index (χ0n) is 10.4. The van der Waals surface area contributed by atoms with E-state index in [1.165, 1.54) is 11.3 Å². The van der Waals surface area contributed by atoms with Crippen molar-refractivity contribution in [3.63, 3.8) is 0 Å². The van der Waals surface area contributed by atoms with E-state index in [-0.39, 0.29) is 5.91 Å². The van der Waals surface area contributed by atoms with E-state index in [4.69, 9.17) is 4.52 Å². The van der Waals surface area contributed by atoms with E-state index in [0.29, 0.717) is 11.4 Å². The first-order valence-corrected chi connectivity index (χ1v) is 6.59. The van der Waals surface area contributed by atoms with E-state index in [2.05, 4.69) is 15.5 Å². The van der Waals surface area contributed by atoms with Gasteiger partial charge in [0.2, 0.25) is 0 Å². The van der Waals surface area contributed by atoms with E-state index in [0.717, 1.165) is 29.1 Å². The second kappa shape index (κ2) is 5.77. The molecule has 0 unspecified atom stereocenters. The van der Waals surface area contributed by atoms with Gasteiger partial charge in [0.15, 0.2) is 0 Å². The van der Waals surface area contributed by atoms with Crippen LogP contribution in [0.4, 0.5) is 0 Å². The summed E-state index contributed by atoms with van der Waals surface area (Å²) >= 11 is 1.43. The molecule has 1 amide bonds. The van der Waals surface area contributed by atoms with Gasteiger partial charge in [-0.1, -0.05) is 5.16 Å². The highest BCUT2D eigenvalue weighted by Gasteiger charge is 2.12. The van der Waals surface area contributed by atoms with Gasteiger partial charge in [0, 0.05) is 12.1 Å². The van der Waals surface area contributed by atoms with Crippen LogP contribution in [0.3, 0.4) is 0 Å². The lowest BCUT2D eigenvalue weighted by atomic mass is 10.2. The van der Waals surface area contributed by atoms with Crippen molar-refractivity contribution in [3.05, 3.63) is 33.6 Å². The molecule has 2 aromatic heterocycles. The molecule has 0 aromatic carbocycles. The van der Waals surface area contributed by atoms with Gasteiger partial charge < -0.3 is 9.84 Å². The molecule has 0 atom stereocenters. The van der Waals surface area contributed by atoms with Gasteiger partial charge in [-0.15, -0.1) is 11.3 Å². The predicted molar refractivity (Wildman–Crippen MR) is 68.7 cm³/mol. The molecule has 0 aliphatic heterocycles. The van der Waals surface area contributed by atoms with Gasteiger partial charge in [0.1, 0.15) is 11.1 Å². The monoisotopic (exact) mass is 265 g/mol. The summed E-state index contributed by atoms with van der Waals surface area (Å²) in [6.45, 7) is 4.40. The minimum Gasteiger partial charge on any atom is -0.364 e. The number of hydrogen-bond donors (Lipinski definition) is 1. The molecule has 2 aromatic rings. The standard InChI is InChI=1S/C12H15N3O2S/c1-8-11(18-9(2)15-8)12(16)13-5-3-4-10-6-14-17-7-10/h6-7H,3-5H2,1-2H3,(H,13,16). The van der Waals surface area contributed by atoms with Gasteiger partial charge in [0.25, 0.3) is 5.91 Å². The largest absolute Gasteiger partial charge is 0.364 e. The summed E-state index contributed by atoms with van der Waals surface area (Å²) in [5.41, 5.74) is 1.85. The predicted octanol–water partition coefficient (Wildman–Crippen LogP) is 2.11. The smallest absolute Gasteiger partial charge is 0.263 e. The molecule has 18 heavy (non-hydrogen) atoms. The van der Waals surface area contributed by atoms with Crippen molar-refractivity contribution >= 4 is 17.2 Å². The molecule has 2 heterocycles. The number of thiazole rings is 1. The fourth-order valence-electron chi connectivity index (χ4n) is 1.67. The summed E-state index contributed by atoms with van der Waals surface area (Å²) in [5.74, 6) is -0.0385. The van der Waals surface area contributed by atoms with Crippen LogP contribution in [0.2, 0.25) is 0 Å². The number of aromatic nitrogens is 2. The average Bonchev–Trinajstić information content (AvgIpc) is 2.94. The summed E-state index contributed by atoms with van der Waals surface area (Å²) < 4.78 is 4.74. The fraction of sp³-hybridized carbons (Fsp3) is 0.417. The molecule has 5 nitrogen and oxygen atoms in total. The van der Waals surface area contributed by atoms with Crippen molar-refractivity contribution < 1.29 is 9.32 Å². The van der Waals surface area contributed by atoms with Gasteiger partial charge in [-0.3, -0.25) is 4.79 Å². The lowest BCUT2D eigenvalue weighted by molar-refractivity contribution is 0.0956. The molecule has 96 valence electrons. The Hall–Kier alpha value is -1.69. The van der Waals surface area contributed by atoms with Crippen LogP contribution in [0.5, 0.6) is 0 Å². The van der Waals surface area contributed by atoms with Gasteiger partial charge in [-0.2, -0.15) is 0 Å². The summed E-state index contributed by atoms with van der Waals surface area (Å²) in [4.78, 5) is 16.8. The quantitative estimate of drug-likeness (QED) is 0.841.